The minimum atomic E-state index is -8.08. The first kappa shape index (κ1) is 30.0. The number of nitrogens with one attached hydrogen (secondary N) is 1. The largest absolute Gasteiger partial charge is 0.477 e. The van der Waals surface area contributed by atoms with Gasteiger partial charge in [-0.1, -0.05) is 0 Å². The summed E-state index contributed by atoms with van der Waals surface area (Å²) in [7, 11) is 2.59. The lowest BCUT2D eigenvalue weighted by Gasteiger charge is -2.39. The standard InChI is InChI=1S/C14H15F13N2O3/c1-29(2,6-7(30)31)5-3-4-28-8(32)9(15,16)10(17,18)11(19,20)12(21,22)13(23,24)14(25,26)27/h3-6H2,1-2H3,(H-,28,30,31,32)/p+1. The number of carbonyl (C=O) groups is 2. The van der Waals surface area contributed by atoms with Gasteiger partial charge in [-0.2, -0.15) is 57.1 Å². The minimum absolute atomic E-state index is 0.222. The molecule has 18 heteroatoms. The van der Waals surface area contributed by atoms with Crippen molar-refractivity contribution >= 4 is 11.9 Å². The number of carboxylic acids is 1. The lowest BCUT2D eigenvalue weighted by Crippen LogP contribution is -2.72. The van der Waals surface area contributed by atoms with E-state index in [2.05, 4.69) is 0 Å². The molecule has 190 valence electrons. The quantitative estimate of drug-likeness (QED) is 0.256. The van der Waals surface area contributed by atoms with E-state index in [0.717, 1.165) is 5.32 Å². The van der Waals surface area contributed by atoms with Crippen LogP contribution >= 0.6 is 0 Å². The highest BCUT2D eigenvalue weighted by atomic mass is 19.4. The van der Waals surface area contributed by atoms with Crippen molar-refractivity contribution in [3.8, 4) is 0 Å². The Balaban J connectivity index is 5.62. The maximum atomic E-state index is 13.6. The summed E-state index contributed by atoms with van der Waals surface area (Å²) >= 11 is 0. The first-order chi connectivity index (χ1) is 13.8. The third kappa shape index (κ3) is 5.31. The summed E-state index contributed by atoms with van der Waals surface area (Å²) in [6, 6.07) is 0. The van der Waals surface area contributed by atoms with E-state index in [1.807, 2.05) is 0 Å². The lowest BCUT2D eigenvalue weighted by atomic mass is 9.93. The maximum Gasteiger partial charge on any atom is 0.460 e. The molecule has 0 spiro atoms. The Hall–Kier alpha value is -2.01. The molecule has 0 aliphatic rings. The average Bonchev–Trinajstić information content (AvgIpc) is 2.55. The van der Waals surface area contributed by atoms with Gasteiger partial charge in [0.1, 0.15) is 0 Å². The maximum absolute atomic E-state index is 13.6. The van der Waals surface area contributed by atoms with E-state index in [1.54, 1.807) is 0 Å². The molecule has 0 unspecified atom stereocenters. The molecule has 2 N–H and O–H groups in total. The summed E-state index contributed by atoms with van der Waals surface area (Å²) < 4.78 is 168. The molecule has 0 atom stereocenters. The summed E-state index contributed by atoms with van der Waals surface area (Å²) in [6.45, 7) is -1.77. The van der Waals surface area contributed by atoms with Crippen LogP contribution < -0.4 is 5.32 Å². The van der Waals surface area contributed by atoms with Crippen LogP contribution in [0.2, 0.25) is 0 Å². The first-order valence-corrected chi connectivity index (χ1v) is 8.07. The van der Waals surface area contributed by atoms with E-state index in [-0.39, 0.29) is 11.0 Å². The van der Waals surface area contributed by atoms with Gasteiger partial charge < -0.3 is 14.9 Å². The summed E-state index contributed by atoms with van der Waals surface area (Å²) in [5, 5.41) is 9.55. The number of rotatable bonds is 11. The zero-order valence-corrected chi connectivity index (χ0v) is 16.0. The predicted molar refractivity (Wildman–Crippen MR) is 77.9 cm³/mol. The van der Waals surface area contributed by atoms with E-state index in [4.69, 9.17) is 5.11 Å². The van der Waals surface area contributed by atoms with Crippen molar-refractivity contribution in [3.05, 3.63) is 0 Å². The number of carboxylic acid groups (broad SMARTS) is 1. The van der Waals surface area contributed by atoms with E-state index in [1.165, 1.54) is 14.1 Å². The van der Waals surface area contributed by atoms with Gasteiger partial charge in [0.15, 0.2) is 6.54 Å². The Morgan fingerprint density at radius 1 is 0.750 bits per heavy atom. The Morgan fingerprint density at radius 2 is 1.16 bits per heavy atom. The highest BCUT2D eigenvalue weighted by Crippen LogP contribution is 2.60. The van der Waals surface area contributed by atoms with E-state index < -0.39 is 67.2 Å². The normalized spacial score (nSPS) is 15.0. The molecule has 0 heterocycles. The Bertz CT molecular complexity index is 704. The number of halogens is 13. The minimum Gasteiger partial charge on any atom is -0.477 e. The van der Waals surface area contributed by atoms with Crippen LogP contribution in [0.1, 0.15) is 6.42 Å². The number of nitrogens with zero attached hydrogens (tertiary/aromatic N) is 1. The molecule has 0 aromatic heterocycles. The Morgan fingerprint density at radius 3 is 1.53 bits per heavy atom. The molecular weight excluding hydrogens is 491 g/mol. The fourth-order valence-corrected chi connectivity index (χ4v) is 2.18. The molecule has 0 radical (unpaired) electrons. The van der Waals surface area contributed by atoms with E-state index >= 15 is 0 Å². The van der Waals surface area contributed by atoms with Gasteiger partial charge in [0.25, 0.3) is 5.91 Å². The molecule has 0 bridgehead atoms. The van der Waals surface area contributed by atoms with Crippen molar-refractivity contribution in [2.45, 2.75) is 42.2 Å². The number of hydrogen-bond donors (Lipinski definition) is 2. The lowest BCUT2D eigenvalue weighted by molar-refractivity contribution is -0.883. The number of carbonyl (C=O) groups excluding carboxylic acids is 1. The van der Waals surface area contributed by atoms with Crippen LogP contribution in [0.5, 0.6) is 0 Å². The van der Waals surface area contributed by atoms with Crippen LogP contribution in [0.3, 0.4) is 0 Å². The van der Waals surface area contributed by atoms with Gasteiger partial charge >= 0.3 is 41.8 Å². The van der Waals surface area contributed by atoms with Gasteiger partial charge in [-0.05, 0) is 0 Å². The van der Waals surface area contributed by atoms with Crippen molar-refractivity contribution in [2.75, 3.05) is 33.7 Å². The van der Waals surface area contributed by atoms with Gasteiger partial charge in [-0.3, -0.25) is 4.79 Å². The van der Waals surface area contributed by atoms with Crippen molar-refractivity contribution in [1.82, 2.24) is 5.32 Å². The summed E-state index contributed by atoms with van der Waals surface area (Å²) in [6.07, 6.45) is -7.97. The summed E-state index contributed by atoms with van der Waals surface area (Å²) in [5.41, 5.74) is 0. The zero-order chi connectivity index (χ0) is 26.2. The highest BCUT2D eigenvalue weighted by Gasteiger charge is 2.91. The van der Waals surface area contributed by atoms with E-state index in [0.29, 0.717) is 0 Å². The van der Waals surface area contributed by atoms with Crippen LogP contribution in [-0.4, -0.2) is 91.0 Å². The van der Waals surface area contributed by atoms with Gasteiger partial charge in [0.05, 0.1) is 20.6 Å². The molecule has 0 saturated carbocycles. The Kier molecular flexibility index (Phi) is 8.19. The van der Waals surface area contributed by atoms with Crippen LogP contribution in [0.15, 0.2) is 0 Å². The molecule has 0 aromatic carbocycles. The van der Waals surface area contributed by atoms with Crippen molar-refractivity contribution in [2.24, 2.45) is 0 Å². The highest BCUT2D eigenvalue weighted by molar-refractivity contribution is 5.84. The molecule has 5 nitrogen and oxygen atoms in total. The van der Waals surface area contributed by atoms with Crippen LogP contribution in [0, 0.1) is 0 Å². The van der Waals surface area contributed by atoms with E-state index in [9.17, 15) is 66.7 Å². The van der Waals surface area contributed by atoms with Gasteiger partial charge in [-0.25, -0.2) is 4.79 Å². The second-order valence-corrected chi connectivity index (χ2v) is 7.19. The molecular formula is C14H16F13N2O3+. The molecule has 0 aromatic rings. The molecule has 1 amide bonds. The molecule has 0 rings (SSSR count). The topological polar surface area (TPSA) is 66.4 Å². The van der Waals surface area contributed by atoms with Crippen LogP contribution in [0.4, 0.5) is 57.1 Å². The number of amides is 1. The number of alkyl halides is 13. The van der Waals surface area contributed by atoms with Crippen molar-refractivity contribution in [3.63, 3.8) is 0 Å². The SMILES string of the molecule is C[N+](C)(CCCNC(=O)C(F)(F)C(F)(F)C(F)(F)C(F)(F)C(F)(F)C(F)(F)F)CC(=O)O. The summed E-state index contributed by atoms with van der Waals surface area (Å²) in [4.78, 5) is 21.8. The Labute approximate surface area is 170 Å². The van der Waals surface area contributed by atoms with Crippen LogP contribution in [-0.2, 0) is 9.59 Å². The van der Waals surface area contributed by atoms with Crippen LogP contribution in [0.25, 0.3) is 0 Å². The molecule has 0 aliphatic carbocycles. The number of likely N-dealkylation sites (N-methyl/N-ethyl adjacent to an activating group) is 1. The fourth-order valence-electron chi connectivity index (χ4n) is 2.18. The predicted octanol–water partition coefficient (Wildman–Crippen LogP) is 3.39. The average molecular weight is 507 g/mol. The number of aliphatic carboxylic acids is 1. The second-order valence-electron chi connectivity index (χ2n) is 7.19. The molecule has 0 aliphatic heterocycles. The fraction of sp³-hybridized carbons (Fsp3) is 0.857. The molecule has 32 heavy (non-hydrogen) atoms. The second kappa shape index (κ2) is 8.74. The molecule has 0 saturated heterocycles. The van der Waals surface area contributed by atoms with Crippen molar-refractivity contribution in [1.29, 1.82) is 0 Å². The monoisotopic (exact) mass is 507 g/mol. The van der Waals surface area contributed by atoms with Gasteiger partial charge in [0, 0.05) is 13.0 Å². The number of quaternary nitrogens is 1. The smallest absolute Gasteiger partial charge is 0.460 e. The third-order valence-corrected chi connectivity index (χ3v) is 4.01. The van der Waals surface area contributed by atoms with Gasteiger partial charge in [-0.15, -0.1) is 0 Å². The third-order valence-electron chi connectivity index (χ3n) is 4.01. The number of hydrogen-bond acceptors (Lipinski definition) is 2. The summed E-state index contributed by atoms with van der Waals surface area (Å²) in [5.74, 6) is -43.2. The van der Waals surface area contributed by atoms with Crippen molar-refractivity contribution < 1.29 is 76.3 Å². The zero-order valence-electron chi connectivity index (χ0n) is 16.0. The first-order valence-electron chi connectivity index (χ1n) is 8.07. The van der Waals surface area contributed by atoms with Gasteiger partial charge in [0.2, 0.25) is 0 Å². The molecule has 0 fully saturated rings.